The Hall–Kier alpha value is -2.11. The van der Waals surface area contributed by atoms with Crippen LogP contribution in [0.1, 0.15) is 12.0 Å². The maximum atomic E-state index is 13.2. The molecule has 0 aromatic heterocycles. The van der Waals surface area contributed by atoms with Crippen molar-refractivity contribution in [1.82, 2.24) is 4.90 Å². The number of nitrogens with zero attached hydrogens (tertiary/aromatic N) is 1. The first kappa shape index (κ1) is 13.3. The summed E-state index contributed by atoms with van der Waals surface area (Å²) in [4.78, 5) is 23.6. The van der Waals surface area contributed by atoms with Gasteiger partial charge >= 0.3 is 12.1 Å². The summed E-state index contributed by atoms with van der Waals surface area (Å²) in [7, 11) is 0. The first-order chi connectivity index (χ1) is 9.08. The van der Waals surface area contributed by atoms with Crippen LogP contribution in [-0.2, 0) is 16.1 Å². The lowest BCUT2D eigenvalue weighted by Crippen LogP contribution is -2.40. The summed E-state index contributed by atoms with van der Waals surface area (Å²) in [5.41, 5.74) is 0.790. The zero-order valence-electron chi connectivity index (χ0n) is 10.2. The number of rotatable bonds is 3. The number of carboxylic acid groups (broad SMARTS) is 1. The number of halogens is 1. The van der Waals surface area contributed by atoms with Gasteiger partial charge in [0, 0.05) is 6.42 Å². The van der Waals surface area contributed by atoms with E-state index in [1.807, 2.05) is 6.07 Å². The molecule has 1 N–H and O–H groups in total. The second-order valence-corrected chi connectivity index (χ2v) is 4.38. The molecule has 2 atom stereocenters. The fourth-order valence-electron chi connectivity index (χ4n) is 2.02. The average Bonchev–Trinajstić information content (AvgIpc) is 2.79. The zero-order chi connectivity index (χ0) is 13.8. The number of aliphatic carboxylic acids is 1. The minimum absolute atomic E-state index is 0.0411. The molecule has 1 aliphatic rings. The van der Waals surface area contributed by atoms with Crippen LogP contribution in [0.4, 0.5) is 9.18 Å². The highest BCUT2D eigenvalue weighted by molar-refractivity contribution is 5.80. The van der Waals surface area contributed by atoms with Crippen LogP contribution in [0.15, 0.2) is 30.3 Å². The first-order valence-corrected chi connectivity index (χ1v) is 5.92. The van der Waals surface area contributed by atoms with Gasteiger partial charge in [0.25, 0.3) is 0 Å². The molecule has 6 heteroatoms. The van der Waals surface area contributed by atoms with Crippen LogP contribution in [0.2, 0.25) is 0 Å². The minimum atomic E-state index is -1.31. The number of likely N-dealkylation sites (tertiary alicyclic amines) is 1. The van der Waals surface area contributed by atoms with E-state index < -0.39 is 24.3 Å². The van der Waals surface area contributed by atoms with E-state index in [2.05, 4.69) is 0 Å². The third kappa shape index (κ3) is 3.21. The van der Waals surface area contributed by atoms with Crippen molar-refractivity contribution in [3.8, 4) is 0 Å². The van der Waals surface area contributed by atoms with Crippen molar-refractivity contribution in [1.29, 1.82) is 0 Å². The van der Waals surface area contributed by atoms with E-state index in [-0.39, 0.29) is 19.6 Å². The summed E-state index contributed by atoms with van der Waals surface area (Å²) in [6.07, 6.45) is -2.29. The minimum Gasteiger partial charge on any atom is -0.480 e. The molecule has 0 radical (unpaired) electrons. The molecule has 102 valence electrons. The third-order valence-corrected chi connectivity index (χ3v) is 2.97. The van der Waals surface area contributed by atoms with Gasteiger partial charge in [0.2, 0.25) is 0 Å². The Morgan fingerprint density at radius 2 is 2.05 bits per heavy atom. The van der Waals surface area contributed by atoms with Gasteiger partial charge in [0.05, 0.1) is 6.54 Å². The predicted octanol–water partition coefficient (Wildman–Crippen LogP) is 1.82. The van der Waals surface area contributed by atoms with Gasteiger partial charge in [0.15, 0.2) is 0 Å². The topological polar surface area (TPSA) is 66.8 Å². The molecule has 1 heterocycles. The third-order valence-electron chi connectivity index (χ3n) is 2.97. The second-order valence-electron chi connectivity index (χ2n) is 4.38. The molecular formula is C13H14FNO4. The highest BCUT2D eigenvalue weighted by atomic mass is 19.1. The van der Waals surface area contributed by atoms with Crippen LogP contribution in [0.3, 0.4) is 0 Å². The van der Waals surface area contributed by atoms with Crippen molar-refractivity contribution >= 4 is 12.1 Å². The lowest BCUT2D eigenvalue weighted by Gasteiger charge is -2.20. The molecule has 19 heavy (non-hydrogen) atoms. The molecule has 5 nitrogen and oxygen atoms in total. The molecule has 1 saturated heterocycles. The van der Waals surface area contributed by atoms with Gasteiger partial charge < -0.3 is 9.84 Å². The standard InChI is InChI=1S/C13H14FNO4/c14-10-6-11(12(16)17)15(7-10)13(18)19-8-9-4-2-1-3-5-9/h1-5,10-11H,6-8H2,(H,16,17)/t10-,11+/m0/s1. The van der Waals surface area contributed by atoms with Crippen molar-refractivity contribution in [2.24, 2.45) is 0 Å². The Bertz CT molecular complexity index is 465. The van der Waals surface area contributed by atoms with Crippen molar-refractivity contribution in [3.63, 3.8) is 0 Å². The molecule has 2 rings (SSSR count). The van der Waals surface area contributed by atoms with E-state index in [0.29, 0.717) is 0 Å². The van der Waals surface area contributed by atoms with Crippen LogP contribution < -0.4 is 0 Å². The Labute approximate surface area is 109 Å². The van der Waals surface area contributed by atoms with Gasteiger partial charge in [-0.1, -0.05) is 30.3 Å². The van der Waals surface area contributed by atoms with Crippen molar-refractivity contribution in [2.75, 3.05) is 6.54 Å². The average molecular weight is 267 g/mol. The Morgan fingerprint density at radius 3 is 2.68 bits per heavy atom. The Morgan fingerprint density at radius 1 is 1.37 bits per heavy atom. The number of alkyl halides is 1. The molecule has 0 saturated carbocycles. The molecular weight excluding hydrogens is 253 g/mol. The second kappa shape index (κ2) is 5.69. The molecule has 1 aromatic rings. The maximum absolute atomic E-state index is 13.2. The van der Waals surface area contributed by atoms with Gasteiger partial charge in [-0.3, -0.25) is 4.90 Å². The first-order valence-electron chi connectivity index (χ1n) is 5.92. The van der Waals surface area contributed by atoms with Gasteiger partial charge in [-0.05, 0) is 5.56 Å². The summed E-state index contributed by atoms with van der Waals surface area (Å²) in [5.74, 6) is -1.21. The summed E-state index contributed by atoms with van der Waals surface area (Å²) >= 11 is 0. The number of benzene rings is 1. The number of amides is 1. The smallest absolute Gasteiger partial charge is 0.410 e. The molecule has 0 aliphatic carbocycles. The summed E-state index contributed by atoms with van der Waals surface area (Å²) in [6, 6.07) is 7.86. The largest absolute Gasteiger partial charge is 0.480 e. The molecule has 0 spiro atoms. The monoisotopic (exact) mass is 267 g/mol. The quantitative estimate of drug-likeness (QED) is 0.907. The fourth-order valence-corrected chi connectivity index (χ4v) is 2.02. The van der Waals surface area contributed by atoms with Crippen LogP contribution in [0, 0.1) is 0 Å². The van der Waals surface area contributed by atoms with E-state index in [1.54, 1.807) is 24.3 Å². The summed E-state index contributed by atoms with van der Waals surface area (Å²) in [5, 5.41) is 8.92. The number of carbonyl (C=O) groups excluding carboxylic acids is 1. The molecule has 1 amide bonds. The number of carboxylic acids is 1. The lowest BCUT2D eigenvalue weighted by molar-refractivity contribution is -0.141. The van der Waals surface area contributed by atoms with Gasteiger partial charge in [-0.2, -0.15) is 0 Å². The van der Waals surface area contributed by atoms with Gasteiger partial charge in [-0.25, -0.2) is 14.0 Å². The van der Waals surface area contributed by atoms with Crippen LogP contribution >= 0.6 is 0 Å². The van der Waals surface area contributed by atoms with E-state index in [4.69, 9.17) is 9.84 Å². The van der Waals surface area contributed by atoms with Crippen LogP contribution in [0.5, 0.6) is 0 Å². The van der Waals surface area contributed by atoms with E-state index in [9.17, 15) is 14.0 Å². The normalized spacial score (nSPS) is 22.3. The highest BCUT2D eigenvalue weighted by Crippen LogP contribution is 2.21. The SMILES string of the molecule is O=C(O)[C@H]1C[C@H](F)CN1C(=O)OCc1ccccc1. The van der Waals surface area contributed by atoms with Crippen molar-refractivity contribution < 1.29 is 23.8 Å². The lowest BCUT2D eigenvalue weighted by atomic mass is 10.2. The van der Waals surface area contributed by atoms with Gasteiger partial charge in [-0.15, -0.1) is 0 Å². The zero-order valence-corrected chi connectivity index (χ0v) is 10.2. The molecule has 1 aromatic carbocycles. The Kier molecular flexibility index (Phi) is 3.99. The van der Waals surface area contributed by atoms with Gasteiger partial charge in [0.1, 0.15) is 18.8 Å². The summed E-state index contributed by atoms with van der Waals surface area (Å²) in [6.45, 7) is -0.190. The maximum Gasteiger partial charge on any atom is 0.410 e. The van der Waals surface area contributed by atoms with E-state index >= 15 is 0 Å². The number of hydrogen-bond acceptors (Lipinski definition) is 3. The van der Waals surface area contributed by atoms with Crippen LogP contribution in [-0.4, -0.2) is 40.8 Å². The molecule has 1 aliphatic heterocycles. The number of ether oxygens (including phenoxy) is 1. The Balaban J connectivity index is 1.94. The predicted molar refractivity (Wildman–Crippen MR) is 64.3 cm³/mol. The molecule has 1 fully saturated rings. The highest BCUT2D eigenvalue weighted by Gasteiger charge is 2.40. The van der Waals surface area contributed by atoms with Crippen LogP contribution in [0.25, 0.3) is 0 Å². The molecule has 0 unspecified atom stereocenters. The summed E-state index contributed by atoms with van der Waals surface area (Å²) < 4.78 is 18.2. The fraction of sp³-hybridized carbons (Fsp3) is 0.385. The van der Waals surface area contributed by atoms with E-state index in [1.165, 1.54) is 0 Å². The van der Waals surface area contributed by atoms with E-state index in [0.717, 1.165) is 10.5 Å². The number of hydrogen-bond donors (Lipinski definition) is 1. The van der Waals surface area contributed by atoms with Crippen molar-refractivity contribution in [3.05, 3.63) is 35.9 Å². The van der Waals surface area contributed by atoms with Crippen molar-refractivity contribution in [2.45, 2.75) is 25.2 Å². The molecule has 0 bridgehead atoms. The number of carbonyl (C=O) groups is 2.